The molecule has 1 aliphatic rings. The molecule has 16 heavy (non-hydrogen) atoms. The van der Waals surface area contributed by atoms with Gasteiger partial charge < -0.3 is 15.2 Å². The Labute approximate surface area is 95.2 Å². The Hall–Kier alpha value is -1.10. The molecule has 1 rings (SSSR count). The lowest BCUT2D eigenvalue weighted by Crippen LogP contribution is -2.40. The fraction of sp³-hybridized carbons (Fsp3) is 0.818. The van der Waals surface area contributed by atoms with Crippen molar-refractivity contribution in [2.24, 2.45) is 5.41 Å². The number of carbonyl (C=O) groups is 2. The summed E-state index contributed by atoms with van der Waals surface area (Å²) in [5, 5.41) is 11.4. The van der Waals surface area contributed by atoms with E-state index in [0.717, 1.165) is 13.0 Å². The van der Waals surface area contributed by atoms with Crippen molar-refractivity contribution in [1.82, 2.24) is 5.32 Å². The Kier molecular flexibility index (Phi) is 4.29. The first kappa shape index (κ1) is 13.0. The number of carboxylic acids is 1. The Morgan fingerprint density at radius 1 is 1.44 bits per heavy atom. The largest absolute Gasteiger partial charge is 0.481 e. The highest BCUT2D eigenvalue weighted by Crippen LogP contribution is 2.24. The highest BCUT2D eigenvalue weighted by atomic mass is 16.5. The lowest BCUT2D eigenvalue weighted by molar-refractivity contribution is -0.139. The van der Waals surface area contributed by atoms with E-state index in [-0.39, 0.29) is 24.9 Å². The molecule has 1 heterocycles. The third kappa shape index (κ3) is 4.61. The smallest absolute Gasteiger partial charge is 0.303 e. The second kappa shape index (κ2) is 5.30. The molecule has 1 fully saturated rings. The Balaban J connectivity index is 2.23. The molecule has 0 aromatic heterocycles. The number of aliphatic carboxylic acids is 1. The van der Waals surface area contributed by atoms with Gasteiger partial charge in [-0.25, -0.2) is 0 Å². The molecule has 1 saturated heterocycles. The van der Waals surface area contributed by atoms with Crippen LogP contribution < -0.4 is 5.32 Å². The van der Waals surface area contributed by atoms with Gasteiger partial charge in [0.2, 0.25) is 5.91 Å². The third-order valence-corrected chi connectivity index (χ3v) is 2.59. The number of ether oxygens (including phenoxy) is 1. The predicted molar refractivity (Wildman–Crippen MR) is 58.0 cm³/mol. The number of carboxylic acid groups (broad SMARTS) is 1. The highest BCUT2D eigenvalue weighted by Gasteiger charge is 2.26. The molecule has 0 aliphatic carbocycles. The van der Waals surface area contributed by atoms with Gasteiger partial charge in [-0.2, -0.15) is 0 Å². The van der Waals surface area contributed by atoms with Crippen LogP contribution in [-0.2, 0) is 14.3 Å². The van der Waals surface area contributed by atoms with Crippen molar-refractivity contribution in [1.29, 1.82) is 0 Å². The number of hydrogen-bond donors (Lipinski definition) is 2. The Morgan fingerprint density at radius 2 is 2.06 bits per heavy atom. The first-order valence-corrected chi connectivity index (χ1v) is 5.49. The van der Waals surface area contributed by atoms with Gasteiger partial charge >= 0.3 is 5.97 Å². The summed E-state index contributed by atoms with van der Waals surface area (Å²) >= 11 is 0. The fourth-order valence-corrected chi connectivity index (χ4v) is 1.64. The summed E-state index contributed by atoms with van der Waals surface area (Å²) in [5.41, 5.74) is -0.504. The lowest BCUT2D eigenvalue weighted by atomic mass is 9.85. The average Bonchev–Trinajstić information content (AvgIpc) is 1.96. The second-order valence-corrected chi connectivity index (χ2v) is 5.00. The maximum absolute atomic E-state index is 11.5. The van der Waals surface area contributed by atoms with Crippen molar-refractivity contribution in [2.75, 3.05) is 13.2 Å². The Bertz CT molecular complexity index is 271. The van der Waals surface area contributed by atoms with Crippen LogP contribution in [-0.4, -0.2) is 36.2 Å². The minimum atomic E-state index is -0.875. The van der Waals surface area contributed by atoms with E-state index in [1.807, 2.05) is 0 Å². The van der Waals surface area contributed by atoms with Gasteiger partial charge in [-0.05, 0) is 11.8 Å². The second-order valence-electron chi connectivity index (χ2n) is 5.00. The van der Waals surface area contributed by atoms with Crippen LogP contribution in [0.1, 0.15) is 33.1 Å². The topological polar surface area (TPSA) is 75.6 Å². The normalized spacial score (nSPS) is 20.0. The van der Waals surface area contributed by atoms with Gasteiger partial charge in [0, 0.05) is 19.6 Å². The van der Waals surface area contributed by atoms with E-state index in [4.69, 9.17) is 9.84 Å². The molecule has 0 saturated carbocycles. The van der Waals surface area contributed by atoms with Crippen LogP contribution in [0.15, 0.2) is 0 Å². The molecule has 2 N–H and O–H groups in total. The van der Waals surface area contributed by atoms with Crippen molar-refractivity contribution in [3.05, 3.63) is 0 Å². The van der Waals surface area contributed by atoms with Gasteiger partial charge in [-0.1, -0.05) is 13.8 Å². The van der Waals surface area contributed by atoms with Gasteiger partial charge in [-0.15, -0.1) is 0 Å². The summed E-state index contributed by atoms with van der Waals surface area (Å²) < 4.78 is 5.17. The van der Waals surface area contributed by atoms with Gasteiger partial charge in [-0.3, -0.25) is 9.59 Å². The van der Waals surface area contributed by atoms with E-state index in [0.29, 0.717) is 6.54 Å². The molecule has 5 heteroatoms. The minimum Gasteiger partial charge on any atom is -0.481 e. The van der Waals surface area contributed by atoms with E-state index in [9.17, 15) is 9.59 Å². The molecule has 0 aromatic carbocycles. The molecule has 0 spiro atoms. The minimum absolute atomic E-state index is 0.000346. The van der Waals surface area contributed by atoms with E-state index < -0.39 is 11.4 Å². The number of carbonyl (C=O) groups excluding carboxylic acids is 1. The van der Waals surface area contributed by atoms with E-state index in [2.05, 4.69) is 5.32 Å². The highest BCUT2D eigenvalue weighted by molar-refractivity contribution is 5.77. The molecule has 0 aromatic rings. The van der Waals surface area contributed by atoms with Crippen LogP contribution in [0.2, 0.25) is 0 Å². The van der Waals surface area contributed by atoms with Crippen LogP contribution in [0, 0.1) is 5.41 Å². The van der Waals surface area contributed by atoms with Crippen molar-refractivity contribution in [3.63, 3.8) is 0 Å². The van der Waals surface area contributed by atoms with Gasteiger partial charge in [0.1, 0.15) is 0 Å². The quantitative estimate of drug-likeness (QED) is 0.705. The zero-order valence-corrected chi connectivity index (χ0v) is 9.78. The van der Waals surface area contributed by atoms with Crippen molar-refractivity contribution in [3.8, 4) is 0 Å². The molecule has 1 aliphatic heterocycles. The SMILES string of the molecule is CC(C)(CC(=O)O)CC(=O)NCC1CCO1. The summed E-state index contributed by atoms with van der Waals surface area (Å²) in [6.45, 7) is 4.86. The van der Waals surface area contributed by atoms with Crippen LogP contribution >= 0.6 is 0 Å². The molecule has 92 valence electrons. The lowest BCUT2D eigenvalue weighted by Gasteiger charge is -2.27. The summed E-state index contributed by atoms with van der Waals surface area (Å²) in [7, 11) is 0. The van der Waals surface area contributed by atoms with Crippen molar-refractivity contribution >= 4 is 11.9 Å². The maximum Gasteiger partial charge on any atom is 0.303 e. The summed E-state index contributed by atoms with van der Waals surface area (Å²) in [4.78, 5) is 22.1. The maximum atomic E-state index is 11.5. The van der Waals surface area contributed by atoms with Crippen LogP contribution in [0.4, 0.5) is 0 Å². The van der Waals surface area contributed by atoms with Crippen molar-refractivity contribution < 1.29 is 19.4 Å². The van der Waals surface area contributed by atoms with Crippen LogP contribution in [0.5, 0.6) is 0 Å². The summed E-state index contributed by atoms with van der Waals surface area (Å²) in [6.07, 6.45) is 1.36. The standard InChI is InChI=1S/C11H19NO4/c1-11(2,6-10(14)15)5-9(13)12-7-8-3-4-16-8/h8H,3-7H2,1-2H3,(H,12,13)(H,14,15). The molecule has 1 unspecified atom stereocenters. The van der Waals surface area contributed by atoms with E-state index in [1.165, 1.54) is 0 Å². The molecule has 1 atom stereocenters. The number of nitrogens with one attached hydrogen (secondary N) is 1. The van der Waals surface area contributed by atoms with Crippen LogP contribution in [0.3, 0.4) is 0 Å². The van der Waals surface area contributed by atoms with Crippen molar-refractivity contribution in [2.45, 2.75) is 39.2 Å². The average molecular weight is 229 g/mol. The number of amides is 1. The number of hydrogen-bond acceptors (Lipinski definition) is 3. The molecular weight excluding hydrogens is 210 g/mol. The molecular formula is C11H19NO4. The monoisotopic (exact) mass is 229 g/mol. The van der Waals surface area contributed by atoms with Gasteiger partial charge in [0.05, 0.1) is 12.5 Å². The molecule has 5 nitrogen and oxygen atoms in total. The summed E-state index contributed by atoms with van der Waals surface area (Å²) in [6, 6.07) is 0. The van der Waals surface area contributed by atoms with Crippen LogP contribution in [0.25, 0.3) is 0 Å². The number of rotatable bonds is 6. The van der Waals surface area contributed by atoms with E-state index >= 15 is 0 Å². The zero-order valence-electron chi connectivity index (χ0n) is 9.78. The first-order valence-electron chi connectivity index (χ1n) is 5.49. The van der Waals surface area contributed by atoms with Gasteiger partial charge in [0.25, 0.3) is 0 Å². The summed E-state index contributed by atoms with van der Waals surface area (Å²) in [5.74, 6) is -0.984. The first-order chi connectivity index (χ1) is 7.39. The zero-order chi connectivity index (χ0) is 12.2. The van der Waals surface area contributed by atoms with Gasteiger partial charge in [0.15, 0.2) is 0 Å². The molecule has 0 radical (unpaired) electrons. The predicted octanol–water partition coefficient (Wildman–Crippen LogP) is 0.782. The Morgan fingerprint density at radius 3 is 2.50 bits per heavy atom. The molecule has 0 bridgehead atoms. The fourth-order valence-electron chi connectivity index (χ4n) is 1.64. The van der Waals surface area contributed by atoms with E-state index in [1.54, 1.807) is 13.8 Å². The molecule has 1 amide bonds. The third-order valence-electron chi connectivity index (χ3n) is 2.59.